The summed E-state index contributed by atoms with van der Waals surface area (Å²) >= 11 is -1.62. The molecule has 8 heavy (non-hydrogen) atoms. The Balaban J connectivity index is 2.61. The highest BCUT2D eigenvalue weighted by Gasteiger charge is 2.10. The summed E-state index contributed by atoms with van der Waals surface area (Å²) in [4.78, 5) is 0. The molecule has 0 aromatic carbocycles. The Morgan fingerprint density at radius 2 is 2.62 bits per heavy atom. The molecule has 3 nitrogen and oxygen atoms in total. The van der Waals surface area contributed by atoms with Gasteiger partial charge in [0.2, 0.25) is 0 Å². The Morgan fingerprint density at radius 1 is 1.88 bits per heavy atom. The van der Waals surface area contributed by atoms with E-state index >= 15 is 0 Å². The molecule has 0 bridgehead atoms. The highest BCUT2D eigenvalue weighted by atomic mass is 32.2. The molecular formula is C4H4O3S. The molecule has 0 aliphatic carbocycles. The van der Waals surface area contributed by atoms with Crippen molar-refractivity contribution < 1.29 is 12.6 Å². The van der Waals surface area contributed by atoms with Gasteiger partial charge in [-0.3, -0.25) is 0 Å². The van der Waals surface area contributed by atoms with Gasteiger partial charge in [-0.1, -0.05) is 6.58 Å². The predicted molar refractivity (Wildman–Crippen MR) is 28.6 cm³/mol. The highest BCUT2D eigenvalue weighted by Crippen LogP contribution is 2.10. The van der Waals surface area contributed by atoms with Crippen LogP contribution in [0.4, 0.5) is 0 Å². The zero-order chi connectivity index (χ0) is 5.98. The van der Waals surface area contributed by atoms with Crippen LogP contribution in [0.3, 0.4) is 0 Å². The zero-order valence-electron chi connectivity index (χ0n) is 3.99. The SMILES string of the molecule is C=CC1=COS(=O)O1. The van der Waals surface area contributed by atoms with Crippen LogP contribution in [0.15, 0.2) is 24.7 Å². The number of allylic oxidation sites excluding steroid dienone is 1. The first-order valence-corrected chi connectivity index (χ1v) is 2.93. The van der Waals surface area contributed by atoms with Crippen molar-refractivity contribution in [2.75, 3.05) is 0 Å². The first-order chi connectivity index (χ1) is 3.83. The van der Waals surface area contributed by atoms with Gasteiger partial charge in [-0.15, -0.1) is 0 Å². The summed E-state index contributed by atoms with van der Waals surface area (Å²) in [6, 6.07) is 0. The van der Waals surface area contributed by atoms with Crippen molar-refractivity contribution in [3.8, 4) is 0 Å². The zero-order valence-corrected chi connectivity index (χ0v) is 4.81. The molecule has 1 rings (SSSR count). The predicted octanol–water partition coefficient (Wildman–Crippen LogP) is 0.639. The van der Waals surface area contributed by atoms with E-state index in [0.717, 1.165) is 0 Å². The standard InChI is InChI=1S/C4H4O3S/c1-2-4-3-6-8(5)7-4/h2-3H,1H2. The number of hydrogen-bond acceptors (Lipinski definition) is 3. The van der Waals surface area contributed by atoms with Crippen LogP contribution >= 0.6 is 0 Å². The van der Waals surface area contributed by atoms with E-state index in [2.05, 4.69) is 14.9 Å². The molecule has 0 fully saturated rings. The summed E-state index contributed by atoms with van der Waals surface area (Å²) in [5.41, 5.74) is 0. The lowest BCUT2D eigenvalue weighted by molar-refractivity contribution is 0.439. The van der Waals surface area contributed by atoms with Crippen LogP contribution in [0.25, 0.3) is 0 Å². The summed E-state index contributed by atoms with van der Waals surface area (Å²) in [6.07, 6.45) is 2.67. The topological polar surface area (TPSA) is 35.5 Å². The molecular weight excluding hydrogens is 128 g/mol. The van der Waals surface area contributed by atoms with Crippen molar-refractivity contribution in [3.63, 3.8) is 0 Å². The van der Waals surface area contributed by atoms with Crippen molar-refractivity contribution in [1.29, 1.82) is 0 Å². The van der Waals surface area contributed by atoms with Crippen LogP contribution < -0.4 is 0 Å². The maximum absolute atomic E-state index is 10.2. The quantitative estimate of drug-likeness (QED) is 0.525. The summed E-state index contributed by atoms with van der Waals surface area (Å²) in [7, 11) is 0. The second-order valence-corrected chi connectivity index (χ2v) is 1.88. The summed E-state index contributed by atoms with van der Waals surface area (Å²) in [6.45, 7) is 3.37. The fraction of sp³-hybridized carbons (Fsp3) is 0. The van der Waals surface area contributed by atoms with Crippen LogP contribution in [-0.4, -0.2) is 4.21 Å². The third kappa shape index (κ3) is 0.894. The van der Waals surface area contributed by atoms with Gasteiger partial charge in [0.05, 0.1) is 0 Å². The van der Waals surface area contributed by atoms with E-state index in [1.807, 2.05) is 0 Å². The van der Waals surface area contributed by atoms with Gasteiger partial charge in [0.15, 0.2) is 12.0 Å². The van der Waals surface area contributed by atoms with Crippen molar-refractivity contribution in [3.05, 3.63) is 24.7 Å². The van der Waals surface area contributed by atoms with Gasteiger partial charge in [0.1, 0.15) is 0 Å². The fourth-order valence-corrected chi connectivity index (χ4v) is 0.764. The molecule has 4 heteroatoms. The van der Waals surface area contributed by atoms with E-state index in [9.17, 15) is 4.21 Å². The molecule has 0 N–H and O–H groups in total. The van der Waals surface area contributed by atoms with E-state index in [-0.39, 0.29) is 0 Å². The largest absolute Gasteiger partial charge is 0.417 e. The highest BCUT2D eigenvalue weighted by molar-refractivity contribution is 7.75. The number of hydrogen-bond donors (Lipinski definition) is 0. The monoisotopic (exact) mass is 132 g/mol. The first-order valence-electron chi connectivity index (χ1n) is 1.93. The maximum Gasteiger partial charge on any atom is 0.417 e. The molecule has 1 unspecified atom stereocenters. The minimum atomic E-state index is -1.62. The minimum absolute atomic E-state index is 0.406. The molecule has 0 saturated heterocycles. The Labute approximate surface area is 49.5 Å². The van der Waals surface area contributed by atoms with E-state index in [0.29, 0.717) is 5.76 Å². The summed E-state index contributed by atoms with van der Waals surface area (Å²) < 4.78 is 19.1. The molecule has 0 aromatic rings. The van der Waals surface area contributed by atoms with Crippen LogP contribution in [0, 0.1) is 0 Å². The first kappa shape index (κ1) is 5.37. The van der Waals surface area contributed by atoms with E-state index < -0.39 is 11.4 Å². The minimum Gasteiger partial charge on any atom is -0.375 e. The lowest BCUT2D eigenvalue weighted by atomic mass is 10.5. The fourth-order valence-electron chi connectivity index (χ4n) is 0.287. The van der Waals surface area contributed by atoms with Crippen LogP contribution in [-0.2, 0) is 19.7 Å². The lowest BCUT2D eigenvalue weighted by Crippen LogP contribution is -1.84. The van der Waals surface area contributed by atoms with Crippen molar-refractivity contribution in [2.45, 2.75) is 0 Å². The normalized spacial score (nSPS) is 25.5. The molecule has 1 aliphatic rings. The molecule has 1 atom stereocenters. The summed E-state index contributed by atoms with van der Waals surface area (Å²) in [5.74, 6) is 0.406. The van der Waals surface area contributed by atoms with Crippen LogP contribution in [0.1, 0.15) is 0 Å². The van der Waals surface area contributed by atoms with Gasteiger partial charge in [0.25, 0.3) is 0 Å². The van der Waals surface area contributed by atoms with E-state index in [1.54, 1.807) is 0 Å². The lowest BCUT2D eigenvalue weighted by Gasteiger charge is -1.86. The second kappa shape index (κ2) is 2.00. The van der Waals surface area contributed by atoms with Crippen molar-refractivity contribution >= 4 is 11.4 Å². The Hall–Kier alpha value is -0.770. The molecule has 0 amide bonds. The third-order valence-corrected chi connectivity index (χ3v) is 1.19. The van der Waals surface area contributed by atoms with Gasteiger partial charge >= 0.3 is 11.4 Å². The van der Waals surface area contributed by atoms with Gasteiger partial charge in [-0.25, -0.2) is 0 Å². The smallest absolute Gasteiger partial charge is 0.375 e. The molecule has 0 aromatic heterocycles. The van der Waals surface area contributed by atoms with E-state index in [1.165, 1.54) is 12.3 Å². The van der Waals surface area contributed by atoms with Crippen LogP contribution in [0.2, 0.25) is 0 Å². The van der Waals surface area contributed by atoms with Crippen molar-refractivity contribution in [2.24, 2.45) is 0 Å². The molecule has 1 heterocycles. The summed E-state index contributed by atoms with van der Waals surface area (Å²) in [5, 5.41) is 0. The molecule has 1 aliphatic heterocycles. The molecule has 44 valence electrons. The van der Waals surface area contributed by atoms with Crippen molar-refractivity contribution in [1.82, 2.24) is 0 Å². The Bertz CT molecular complexity index is 161. The second-order valence-electron chi connectivity index (χ2n) is 1.11. The van der Waals surface area contributed by atoms with Gasteiger partial charge in [0, 0.05) is 0 Å². The van der Waals surface area contributed by atoms with Gasteiger partial charge < -0.3 is 8.37 Å². The maximum atomic E-state index is 10.2. The third-order valence-electron chi connectivity index (χ3n) is 0.608. The average Bonchev–Trinajstić information content (AvgIpc) is 2.14. The van der Waals surface area contributed by atoms with E-state index in [4.69, 9.17) is 0 Å². The average molecular weight is 132 g/mol. The Kier molecular flexibility index (Phi) is 1.34. The molecule has 0 saturated carbocycles. The number of rotatable bonds is 1. The molecule has 0 radical (unpaired) electrons. The molecule has 0 spiro atoms. The van der Waals surface area contributed by atoms with Gasteiger partial charge in [-0.2, -0.15) is 4.21 Å². The van der Waals surface area contributed by atoms with Gasteiger partial charge in [-0.05, 0) is 6.08 Å². The van der Waals surface area contributed by atoms with Crippen LogP contribution in [0.5, 0.6) is 0 Å². The Morgan fingerprint density at radius 3 is 2.88 bits per heavy atom.